The average molecular weight is 226 g/mol. The molecule has 0 radical (unpaired) electrons. The molecular formula is C12H18O4. The van der Waals surface area contributed by atoms with Gasteiger partial charge in [0.1, 0.15) is 0 Å². The Balaban J connectivity index is 2.34. The molecule has 2 aliphatic rings. The summed E-state index contributed by atoms with van der Waals surface area (Å²) in [7, 11) is 1.58. The fourth-order valence-electron chi connectivity index (χ4n) is 2.71. The normalized spacial score (nSPS) is 45.7. The minimum atomic E-state index is -0.831. The number of hydrogen-bond donors (Lipinski definition) is 2. The van der Waals surface area contributed by atoms with E-state index in [1.165, 1.54) is 0 Å². The predicted octanol–water partition coefficient (Wildman–Crippen LogP) is 0.603. The minimum absolute atomic E-state index is 0.292. The highest BCUT2D eigenvalue weighted by atomic mass is 16.7. The van der Waals surface area contributed by atoms with Gasteiger partial charge in [-0.05, 0) is 12.0 Å². The molecule has 4 atom stereocenters. The third-order valence-electron chi connectivity index (χ3n) is 3.56. The molecule has 4 nitrogen and oxygen atoms in total. The molecule has 2 fully saturated rings. The van der Waals surface area contributed by atoms with Crippen LogP contribution in [0.1, 0.15) is 12.8 Å². The number of methoxy groups -OCH3 is 1. The second-order valence-corrected chi connectivity index (χ2v) is 4.36. The number of aliphatic hydroxyl groups is 2. The van der Waals surface area contributed by atoms with E-state index in [1.807, 2.05) is 6.08 Å². The van der Waals surface area contributed by atoms with Crippen molar-refractivity contribution in [1.82, 2.24) is 0 Å². The van der Waals surface area contributed by atoms with Crippen LogP contribution >= 0.6 is 0 Å². The molecule has 1 heterocycles. The summed E-state index contributed by atoms with van der Waals surface area (Å²) in [5, 5.41) is 19.8. The largest absolute Gasteiger partial charge is 0.390 e. The van der Waals surface area contributed by atoms with Gasteiger partial charge in [0.25, 0.3) is 0 Å². The first kappa shape index (κ1) is 11.8. The predicted molar refractivity (Wildman–Crippen MR) is 58.7 cm³/mol. The molecular weight excluding hydrogens is 208 g/mol. The van der Waals surface area contributed by atoms with Crippen LogP contribution in [0.3, 0.4) is 0 Å². The lowest BCUT2D eigenvalue weighted by Gasteiger charge is -2.41. The van der Waals surface area contributed by atoms with Gasteiger partial charge in [-0.1, -0.05) is 18.7 Å². The Labute approximate surface area is 95.2 Å². The first-order valence-electron chi connectivity index (χ1n) is 5.51. The summed E-state index contributed by atoms with van der Waals surface area (Å²) in [4.78, 5) is 0. The van der Waals surface area contributed by atoms with Gasteiger partial charge in [-0.2, -0.15) is 0 Å². The van der Waals surface area contributed by atoms with Crippen LogP contribution in [0.15, 0.2) is 24.3 Å². The summed E-state index contributed by atoms with van der Waals surface area (Å²) in [5.41, 5.74) is 0.933. The molecule has 1 saturated heterocycles. The molecule has 2 rings (SSSR count). The van der Waals surface area contributed by atoms with Crippen LogP contribution in [0, 0.1) is 5.92 Å². The highest BCUT2D eigenvalue weighted by Crippen LogP contribution is 2.46. The van der Waals surface area contributed by atoms with Gasteiger partial charge < -0.3 is 19.7 Å². The molecule has 4 heteroatoms. The van der Waals surface area contributed by atoms with E-state index < -0.39 is 18.0 Å². The zero-order valence-electron chi connectivity index (χ0n) is 9.43. The fourth-order valence-corrected chi connectivity index (χ4v) is 2.71. The molecule has 90 valence electrons. The number of ether oxygens (including phenoxy) is 2. The van der Waals surface area contributed by atoms with Crippen molar-refractivity contribution in [2.75, 3.05) is 13.7 Å². The Kier molecular flexibility index (Phi) is 3.17. The van der Waals surface area contributed by atoms with E-state index in [-0.39, 0.29) is 5.92 Å². The van der Waals surface area contributed by atoms with Gasteiger partial charge in [0.15, 0.2) is 5.79 Å². The average Bonchev–Trinajstić information content (AvgIpc) is 2.65. The first-order chi connectivity index (χ1) is 7.64. The highest BCUT2D eigenvalue weighted by molar-refractivity contribution is 5.24. The van der Waals surface area contributed by atoms with Crippen LogP contribution in [0.25, 0.3) is 0 Å². The molecule has 0 aromatic heterocycles. The SMILES string of the molecule is C=C/C=C1/CO[C@]2(OC)CC[C@@H](O)[C@@H](O)[C@@H]12. The maximum absolute atomic E-state index is 10.1. The summed E-state index contributed by atoms with van der Waals surface area (Å²) < 4.78 is 11.1. The third-order valence-corrected chi connectivity index (χ3v) is 3.56. The van der Waals surface area contributed by atoms with Crippen molar-refractivity contribution in [2.24, 2.45) is 5.92 Å². The number of hydrogen-bond acceptors (Lipinski definition) is 4. The quantitative estimate of drug-likeness (QED) is 0.724. The van der Waals surface area contributed by atoms with Crippen molar-refractivity contribution < 1.29 is 19.7 Å². The van der Waals surface area contributed by atoms with E-state index >= 15 is 0 Å². The molecule has 0 bridgehead atoms. The topological polar surface area (TPSA) is 58.9 Å². The fraction of sp³-hybridized carbons (Fsp3) is 0.667. The second-order valence-electron chi connectivity index (χ2n) is 4.36. The van der Waals surface area contributed by atoms with Crippen LogP contribution in [0.5, 0.6) is 0 Å². The van der Waals surface area contributed by atoms with E-state index in [0.717, 1.165) is 5.57 Å². The van der Waals surface area contributed by atoms with Gasteiger partial charge >= 0.3 is 0 Å². The van der Waals surface area contributed by atoms with E-state index in [2.05, 4.69) is 6.58 Å². The molecule has 1 aliphatic heterocycles. The Morgan fingerprint density at radius 1 is 1.56 bits per heavy atom. The summed E-state index contributed by atoms with van der Waals surface area (Å²) >= 11 is 0. The summed E-state index contributed by atoms with van der Waals surface area (Å²) in [6.45, 7) is 4.06. The zero-order valence-corrected chi connectivity index (χ0v) is 9.43. The van der Waals surface area contributed by atoms with Crippen molar-refractivity contribution in [1.29, 1.82) is 0 Å². The molecule has 0 amide bonds. The minimum Gasteiger partial charge on any atom is -0.390 e. The lowest BCUT2D eigenvalue weighted by molar-refractivity contribution is -0.258. The van der Waals surface area contributed by atoms with Crippen molar-refractivity contribution in [3.05, 3.63) is 24.3 Å². The van der Waals surface area contributed by atoms with Crippen LogP contribution in [0.4, 0.5) is 0 Å². The lowest BCUT2D eigenvalue weighted by Crippen LogP contribution is -2.52. The number of allylic oxidation sites excluding steroid dienone is 2. The molecule has 0 unspecified atom stereocenters. The van der Waals surface area contributed by atoms with Gasteiger partial charge in [0, 0.05) is 13.5 Å². The second kappa shape index (κ2) is 4.30. The van der Waals surface area contributed by atoms with Crippen LogP contribution in [0.2, 0.25) is 0 Å². The molecule has 16 heavy (non-hydrogen) atoms. The molecule has 0 aromatic rings. The summed E-state index contributed by atoms with van der Waals surface area (Å²) in [6.07, 6.45) is 3.05. The van der Waals surface area contributed by atoms with Gasteiger partial charge in [0.05, 0.1) is 24.7 Å². The third kappa shape index (κ3) is 1.62. The Morgan fingerprint density at radius 2 is 2.31 bits per heavy atom. The van der Waals surface area contributed by atoms with Crippen molar-refractivity contribution in [3.8, 4) is 0 Å². The Morgan fingerprint density at radius 3 is 2.94 bits per heavy atom. The Bertz CT molecular complexity index is 312. The standard InChI is InChI=1S/C12H18O4/c1-3-4-8-7-16-12(15-2)6-5-9(13)11(14)10(8)12/h3-4,9-11,13-14H,1,5-7H2,2H3/b8-4-/t9-,10-,11-,12-/m1/s1. The maximum atomic E-state index is 10.1. The lowest BCUT2D eigenvalue weighted by atomic mass is 9.77. The van der Waals surface area contributed by atoms with E-state index in [4.69, 9.17) is 9.47 Å². The molecule has 0 aromatic carbocycles. The van der Waals surface area contributed by atoms with Crippen LogP contribution in [-0.4, -0.2) is 41.9 Å². The molecule has 1 aliphatic carbocycles. The van der Waals surface area contributed by atoms with E-state index in [9.17, 15) is 10.2 Å². The Hall–Kier alpha value is -0.680. The summed E-state index contributed by atoms with van der Waals surface area (Å²) in [5.74, 6) is -1.06. The van der Waals surface area contributed by atoms with E-state index in [0.29, 0.717) is 19.4 Å². The summed E-state index contributed by atoms with van der Waals surface area (Å²) in [6, 6.07) is 0. The van der Waals surface area contributed by atoms with Crippen LogP contribution in [-0.2, 0) is 9.47 Å². The number of rotatable bonds is 2. The van der Waals surface area contributed by atoms with E-state index in [1.54, 1.807) is 13.2 Å². The van der Waals surface area contributed by atoms with Gasteiger partial charge in [-0.25, -0.2) is 0 Å². The van der Waals surface area contributed by atoms with Gasteiger partial charge in [-0.15, -0.1) is 0 Å². The maximum Gasteiger partial charge on any atom is 0.177 e. The van der Waals surface area contributed by atoms with Gasteiger partial charge in [0.2, 0.25) is 0 Å². The molecule has 2 N–H and O–H groups in total. The highest BCUT2D eigenvalue weighted by Gasteiger charge is 2.55. The zero-order chi connectivity index (χ0) is 11.8. The molecule has 1 saturated carbocycles. The number of aliphatic hydroxyl groups excluding tert-OH is 2. The first-order valence-corrected chi connectivity index (χ1v) is 5.51. The van der Waals surface area contributed by atoms with Crippen LogP contribution < -0.4 is 0 Å². The monoisotopic (exact) mass is 226 g/mol. The van der Waals surface area contributed by atoms with Crippen molar-refractivity contribution in [3.63, 3.8) is 0 Å². The smallest absolute Gasteiger partial charge is 0.177 e. The van der Waals surface area contributed by atoms with Crippen molar-refractivity contribution in [2.45, 2.75) is 30.8 Å². The van der Waals surface area contributed by atoms with Crippen molar-refractivity contribution >= 4 is 0 Å². The number of fused-ring (bicyclic) bond motifs is 1. The van der Waals surface area contributed by atoms with Gasteiger partial charge in [-0.3, -0.25) is 0 Å². The molecule has 0 spiro atoms.